The zero-order valence-corrected chi connectivity index (χ0v) is 12.0. The van der Waals surface area contributed by atoms with E-state index in [1.165, 1.54) is 30.8 Å². The van der Waals surface area contributed by atoms with Crippen molar-refractivity contribution in [3.05, 3.63) is 5.69 Å². The maximum Gasteiger partial charge on any atom is 0.134 e. The first-order valence-corrected chi connectivity index (χ1v) is 7.28. The van der Waals surface area contributed by atoms with Crippen molar-refractivity contribution >= 4 is 16.5 Å². The highest BCUT2D eigenvalue weighted by Crippen LogP contribution is 2.18. The van der Waals surface area contributed by atoms with Gasteiger partial charge >= 0.3 is 0 Å². The first kappa shape index (κ1) is 14.4. The quantitative estimate of drug-likeness (QED) is 0.690. The Balaban J connectivity index is 2.36. The fourth-order valence-corrected chi connectivity index (χ4v) is 2.25. The van der Waals surface area contributed by atoms with E-state index in [0.717, 1.165) is 36.8 Å². The first-order valence-electron chi connectivity index (χ1n) is 6.51. The predicted octanol–water partition coefficient (Wildman–Crippen LogP) is 2.98. The van der Waals surface area contributed by atoms with Crippen LogP contribution in [0.5, 0.6) is 0 Å². The molecule has 0 unspecified atom stereocenters. The lowest BCUT2D eigenvalue weighted by Gasteiger charge is -2.15. The molecule has 0 saturated carbocycles. The molecule has 0 radical (unpaired) electrons. The molecule has 1 aromatic heterocycles. The second-order valence-corrected chi connectivity index (χ2v) is 5.17. The summed E-state index contributed by atoms with van der Waals surface area (Å²) < 4.78 is 4.03. The average Bonchev–Trinajstić information content (AvgIpc) is 2.74. The van der Waals surface area contributed by atoms with Gasteiger partial charge in [-0.05, 0) is 26.4 Å². The number of nitrogens with zero attached hydrogens (tertiary/aromatic N) is 3. The number of rotatable bonds is 9. The van der Waals surface area contributed by atoms with Crippen molar-refractivity contribution in [2.24, 2.45) is 0 Å². The van der Waals surface area contributed by atoms with Gasteiger partial charge in [0, 0.05) is 24.6 Å². The Morgan fingerprint density at radius 1 is 1.24 bits per heavy atom. The molecule has 0 spiro atoms. The fourth-order valence-electron chi connectivity index (χ4n) is 1.65. The summed E-state index contributed by atoms with van der Waals surface area (Å²) >= 11 is 1.46. The molecular weight excluding hydrogens is 232 g/mol. The second kappa shape index (κ2) is 8.42. The Morgan fingerprint density at radius 2 is 2.06 bits per heavy atom. The highest BCUT2D eigenvalue weighted by atomic mass is 32.1. The van der Waals surface area contributed by atoms with Crippen LogP contribution in [0, 0.1) is 0 Å². The van der Waals surface area contributed by atoms with E-state index in [2.05, 4.69) is 40.7 Å². The minimum Gasteiger partial charge on any atom is -0.374 e. The Labute approximate surface area is 109 Å². The normalized spacial score (nSPS) is 11.1. The molecule has 0 aromatic carbocycles. The van der Waals surface area contributed by atoms with Crippen molar-refractivity contribution < 1.29 is 0 Å². The van der Waals surface area contributed by atoms with E-state index in [0.29, 0.717) is 0 Å². The highest BCUT2D eigenvalue weighted by Gasteiger charge is 2.09. The number of anilines is 1. The Hall–Kier alpha value is -0.680. The summed E-state index contributed by atoms with van der Waals surface area (Å²) in [7, 11) is 2.15. The summed E-state index contributed by atoms with van der Waals surface area (Å²) in [6.45, 7) is 7.43. The molecule has 1 heterocycles. The summed E-state index contributed by atoms with van der Waals surface area (Å²) in [5, 5.41) is 8.72. The Bertz CT molecular complexity index is 300. The van der Waals surface area contributed by atoms with Crippen molar-refractivity contribution in [3.8, 4) is 0 Å². The summed E-state index contributed by atoms with van der Waals surface area (Å²) in [5.74, 6) is 0. The number of hydrogen-bond donors (Lipinski definition) is 1. The van der Waals surface area contributed by atoms with Gasteiger partial charge in [-0.15, -0.1) is 5.10 Å². The van der Waals surface area contributed by atoms with Crippen LogP contribution >= 0.6 is 11.5 Å². The molecule has 0 atom stereocenters. The minimum atomic E-state index is 0.895. The van der Waals surface area contributed by atoms with Crippen LogP contribution in [0.25, 0.3) is 0 Å². The molecule has 17 heavy (non-hydrogen) atoms. The SMILES string of the molecule is CCCCCN(C)Cc1nnsc1NCCC. The van der Waals surface area contributed by atoms with Gasteiger partial charge in [0.1, 0.15) is 10.7 Å². The number of nitrogens with one attached hydrogen (secondary N) is 1. The molecule has 0 aliphatic heterocycles. The van der Waals surface area contributed by atoms with Crippen LogP contribution in [-0.2, 0) is 6.54 Å². The van der Waals surface area contributed by atoms with Crippen LogP contribution in [-0.4, -0.2) is 34.6 Å². The van der Waals surface area contributed by atoms with Crippen molar-refractivity contribution in [2.45, 2.75) is 46.1 Å². The van der Waals surface area contributed by atoms with Crippen LogP contribution < -0.4 is 5.32 Å². The molecule has 0 fully saturated rings. The maximum atomic E-state index is 4.20. The van der Waals surface area contributed by atoms with Crippen LogP contribution in [0.1, 0.15) is 45.2 Å². The van der Waals surface area contributed by atoms with Crippen molar-refractivity contribution in [2.75, 3.05) is 25.5 Å². The van der Waals surface area contributed by atoms with Gasteiger partial charge in [-0.1, -0.05) is 31.2 Å². The molecule has 1 rings (SSSR count). The fraction of sp³-hybridized carbons (Fsp3) is 0.833. The van der Waals surface area contributed by atoms with Crippen molar-refractivity contribution in [1.82, 2.24) is 14.5 Å². The first-order chi connectivity index (χ1) is 8.27. The summed E-state index contributed by atoms with van der Waals surface area (Å²) in [6.07, 6.45) is 4.97. The van der Waals surface area contributed by atoms with Crippen molar-refractivity contribution in [3.63, 3.8) is 0 Å². The smallest absolute Gasteiger partial charge is 0.134 e. The molecule has 5 heteroatoms. The summed E-state index contributed by atoms with van der Waals surface area (Å²) in [4.78, 5) is 2.32. The third kappa shape index (κ3) is 5.46. The van der Waals surface area contributed by atoms with Gasteiger partial charge in [0.15, 0.2) is 0 Å². The number of hydrogen-bond acceptors (Lipinski definition) is 5. The molecule has 1 N–H and O–H groups in total. The maximum absolute atomic E-state index is 4.20. The molecule has 0 amide bonds. The molecular formula is C12H24N4S. The van der Waals surface area contributed by atoms with E-state index in [4.69, 9.17) is 0 Å². The minimum absolute atomic E-state index is 0.895. The van der Waals surface area contributed by atoms with Crippen molar-refractivity contribution in [1.29, 1.82) is 0 Å². The van der Waals surface area contributed by atoms with E-state index in [1.807, 2.05) is 0 Å². The lowest BCUT2D eigenvalue weighted by molar-refractivity contribution is 0.315. The average molecular weight is 256 g/mol. The monoisotopic (exact) mass is 256 g/mol. The second-order valence-electron chi connectivity index (χ2n) is 4.42. The van der Waals surface area contributed by atoms with E-state index >= 15 is 0 Å². The molecule has 1 aromatic rings. The molecule has 98 valence electrons. The van der Waals surface area contributed by atoms with Gasteiger partial charge in [0.2, 0.25) is 0 Å². The van der Waals surface area contributed by atoms with Gasteiger partial charge < -0.3 is 10.2 Å². The number of unbranched alkanes of at least 4 members (excludes halogenated alkanes) is 2. The molecule has 0 aliphatic rings. The van der Waals surface area contributed by atoms with Crippen LogP contribution in [0.2, 0.25) is 0 Å². The lowest BCUT2D eigenvalue weighted by Crippen LogP contribution is -2.20. The summed E-state index contributed by atoms with van der Waals surface area (Å²) in [6, 6.07) is 0. The molecule has 4 nitrogen and oxygen atoms in total. The van der Waals surface area contributed by atoms with E-state index in [-0.39, 0.29) is 0 Å². The predicted molar refractivity (Wildman–Crippen MR) is 74.5 cm³/mol. The van der Waals surface area contributed by atoms with Gasteiger partial charge in [-0.25, -0.2) is 0 Å². The highest BCUT2D eigenvalue weighted by molar-refractivity contribution is 7.10. The van der Waals surface area contributed by atoms with Gasteiger partial charge in [-0.3, -0.25) is 0 Å². The van der Waals surface area contributed by atoms with Gasteiger partial charge in [0.05, 0.1) is 0 Å². The standard InChI is InChI=1S/C12H24N4S/c1-4-6-7-9-16(3)10-11-12(13-8-5-2)17-15-14-11/h13H,4-10H2,1-3H3. The number of aromatic nitrogens is 2. The topological polar surface area (TPSA) is 41.1 Å². The Morgan fingerprint density at radius 3 is 2.76 bits per heavy atom. The zero-order valence-electron chi connectivity index (χ0n) is 11.2. The van der Waals surface area contributed by atoms with Crippen LogP contribution in [0.4, 0.5) is 5.00 Å². The zero-order chi connectivity index (χ0) is 12.5. The van der Waals surface area contributed by atoms with Gasteiger partial charge in [0.25, 0.3) is 0 Å². The molecule has 0 saturated heterocycles. The van der Waals surface area contributed by atoms with E-state index < -0.39 is 0 Å². The lowest BCUT2D eigenvalue weighted by atomic mass is 10.2. The third-order valence-electron chi connectivity index (χ3n) is 2.65. The molecule has 0 bridgehead atoms. The van der Waals surface area contributed by atoms with E-state index in [9.17, 15) is 0 Å². The van der Waals surface area contributed by atoms with Crippen LogP contribution in [0.3, 0.4) is 0 Å². The van der Waals surface area contributed by atoms with Crippen LogP contribution in [0.15, 0.2) is 0 Å². The summed E-state index contributed by atoms with van der Waals surface area (Å²) in [5.41, 5.74) is 1.09. The van der Waals surface area contributed by atoms with Gasteiger partial charge in [-0.2, -0.15) is 0 Å². The Kier molecular flexibility index (Phi) is 7.12. The largest absolute Gasteiger partial charge is 0.374 e. The van der Waals surface area contributed by atoms with E-state index in [1.54, 1.807) is 0 Å². The third-order valence-corrected chi connectivity index (χ3v) is 3.38. The molecule has 0 aliphatic carbocycles.